The Hall–Kier alpha value is -3.33. The van der Waals surface area contributed by atoms with Gasteiger partial charge in [0, 0.05) is 6.07 Å². The molecule has 16 heteroatoms. The summed E-state index contributed by atoms with van der Waals surface area (Å²) >= 11 is 13.3. The van der Waals surface area contributed by atoms with E-state index in [1.54, 1.807) is 39.3 Å². The van der Waals surface area contributed by atoms with E-state index in [1.165, 1.54) is 11.8 Å². The average Bonchev–Trinajstić information content (AvgIpc) is 2.91. The summed E-state index contributed by atoms with van der Waals surface area (Å²) in [4.78, 5) is 38.9. The largest absolute Gasteiger partial charge is 0.456 e. The second-order valence-corrected chi connectivity index (χ2v) is 11.9. The molecule has 228 valence electrons. The van der Waals surface area contributed by atoms with E-state index in [1.807, 2.05) is 0 Å². The fourth-order valence-electron chi connectivity index (χ4n) is 3.30. The highest BCUT2D eigenvalue weighted by molar-refractivity contribution is 7.98. The van der Waals surface area contributed by atoms with Gasteiger partial charge in [-0.25, -0.2) is 37.3 Å². The van der Waals surface area contributed by atoms with Crippen molar-refractivity contribution >= 4 is 58.5 Å². The molecular formula is C27H23Cl2F4N5O3S2. The molecule has 0 aliphatic heterocycles. The van der Waals surface area contributed by atoms with Crippen molar-refractivity contribution in [1.82, 2.24) is 19.9 Å². The van der Waals surface area contributed by atoms with E-state index in [0.717, 1.165) is 36.0 Å². The molecule has 0 atom stereocenters. The third-order valence-electron chi connectivity index (χ3n) is 5.13. The van der Waals surface area contributed by atoms with Gasteiger partial charge in [0.25, 0.3) is 5.56 Å². The second-order valence-electron chi connectivity index (χ2n) is 9.45. The highest BCUT2D eigenvalue weighted by Crippen LogP contribution is 2.29. The van der Waals surface area contributed by atoms with Crippen LogP contribution in [0.15, 0.2) is 45.2 Å². The molecule has 0 spiro atoms. The Morgan fingerprint density at radius 1 is 0.860 bits per heavy atom. The Morgan fingerprint density at radius 3 is 1.95 bits per heavy atom. The lowest BCUT2D eigenvalue weighted by Gasteiger charge is -2.19. The summed E-state index contributed by atoms with van der Waals surface area (Å²) in [6, 6.07) is 5.01. The molecule has 0 radical (unpaired) electrons. The molecule has 0 saturated carbocycles. The monoisotopic (exact) mass is 675 g/mol. The number of esters is 1. The van der Waals surface area contributed by atoms with Crippen LogP contribution >= 0.6 is 46.7 Å². The number of aromatic nitrogens is 4. The van der Waals surface area contributed by atoms with Crippen molar-refractivity contribution in [3.8, 4) is 22.8 Å². The van der Waals surface area contributed by atoms with Crippen molar-refractivity contribution in [2.45, 2.75) is 36.4 Å². The van der Waals surface area contributed by atoms with E-state index in [2.05, 4.69) is 19.9 Å². The van der Waals surface area contributed by atoms with Gasteiger partial charge in [-0.1, -0.05) is 23.2 Å². The molecule has 4 rings (SSSR count). The number of carbonyl (C=O) groups is 1. The summed E-state index contributed by atoms with van der Waals surface area (Å²) in [7, 11) is 0. The van der Waals surface area contributed by atoms with E-state index >= 15 is 0 Å². The van der Waals surface area contributed by atoms with Crippen molar-refractivity contribution in [3.05, 3.63) is 79.6 Å². The summed E-state index contributed by atoms with van der Waals surface area (Å²) in [6.45, 7) is 4.97. The van der Waals surface area contributed by atoms with Crippen molar-refractivity contribution in [2.24, 2.45) is 0 Å². The smallest absolute Gasteiger partial charge is 0.347 e. The van der Waals surface area contributed by atoms with Crippen LogP contribution in [-0.4, -0.2) is 44.0 Å². The summed E-state index contributed by atoms with van der Waals surface area (Å²) in [6.07, 6.45) is 3.39. The van der Waals surface area contributed by atoms with E-state index in [0.29, 0.717) is 5.03 Å². The molecule has 0 bridgehead atoms. The van der Waals surface area contributed by atoms with E-state index < -0.39 is 40.4 Å². The van der Waals surface area contributed by atoms with Gasteiger partial charge in [-0.05, 0) is 57.5 Å². The minimum Gasteiger partial charge on any atom is -0.456 e. The summed E-state index contributed by atoms with van der Waals surface area (Å²) in [5.41, 5.74) is 3.34. The fraction of sp³-hybridized carbons (Fsp3) is 0.222. The maximum atomic E-state index is 14.1. The van der Waals surface area contributed by atoms with Crippen LogP contribution in [0.1, 0.15) is 31.1 Å². The van der Waals surface area contributed by atoms with E-state index in [4.69, 9.17) is 33.7 Å². The number of anilines is 1. The van der Waals surface area contributed by atoms with Crippen LogP contribution in [0.3, 0.4) is 0 Å². The number of H-pyrrole nitrogens is 1. The minimum atomic E-state index is -0.859. The quantitative estimate of drug-likeness (QED) is 0.0731. The number of nitrogen functional groups attached to an aromatic ring is 1. The number of thioether (sulfide) groups is 2. The number of halogens is 6. The van der Waals surface area contributed by atoms with Crippen molar-refractivity contribution in [2.75, 3.05) is 18.2 Å². The number of nitrogens with two attached hydrogens (primary N) is 1. The highest BCUT2D eigenvalue weighted by atomic mass is 35.5. The van der Waals surface area contributed by atoms with Crippen LogP contribution in [0.25, 0.3) is 22.8 Å². The van der Waals surface area contributed by atoms with Crippen molar-refractivity contribution in [1.29, 1.82) is 0 Å². The topological polar surface area (TPSA) is 124 Å². The molecule has 43 heavy (non-hydrogen) atoms. The van der Waals surface area contributed by atoms with Gasteiger partial charge >= 0.3 is 5.97 Å². The van der Waals surface area contributed by atoms with Crippen LogP contribution in [0.5, 0.6) is 0 Å². The molecule has 0 saturated heterocycles. The molecule has 0 amide bonds. The first-order valence-corrected chi connectivity index (χ1v) is 15.1. The number of ether oxygens (including phenoxy) is 1. The normalized spacial score (nSPS) is 11.1. The minimum absolute atomic E-state index is 0.0346. The first-order valence-electron chi connectivity index (χ1n) is 11.9. The number of carbonyl (C=O) groups excluding carboxylic acids is 1. The van der Waals surface area contributed by atoms with Gasteiger partial charge in [0.05, 0.1) is 21.2 Å². The fourth-order valence-corrected chi connectivity index (χ4v) is 4.58. The van der Waals surface area contributed by atoms with Gasteiger partial charge in [0.15, 0.2) is 11.4 Å². The Kier molecular flexibility index (Phi) is 11.1. The van der Waals surface area contributed by atoms with Gasteiger partial charge in [-0.3, -0.25) is 4.79 Å². The molecule has 3 N–H and O–H groups in total. The first-order chi connectivity index (χ1) is 20.0. The van der Waals surface area contributed by atoms with Gasteiger partial charge in [-0.15, -0.1) is 23.5 Å². The van der Waals surface area contributed by atoms with Crippen molar-refractivity contribution in [3.63, 3.8) is 0 Å². The molecule has 2 aromatic carbocycles. The number of nitrogens with one attached hydrogen (secondary N) is 1. The lowest BCUT2D eigenvalue weighted by molar-refractivity contribution is 0.00624. The first kappa shape index (κ1) is 34.2. The van der Waals surface area contributed by atoms with Gasteiger partial charge < -0.3 is 15.5 Å². The van der Waals surface area contributed by atoms with Gasteiger partial charge in [-0.2, -0.15) is 0 Å². The molecule has 4 aromatic rings. The third-order valence-corrected chi connectivity index (χ3v) is 7.02. The lowest BCUT2D eigenvalue weighted by Crippen LogP contribution is -2.29. The van der Waals surface area contributed by atoms with Crippen LogP contribution in [0.4, 0.5) is 23.4 Å². The van der Waals surface area contributed by atoms with Crippen LogP contribution in [0, 0.1) is 23.3 Å². The molecule has 2 aromatic heterocycles. The molecule has 0 fully saturated rings. The molecule has 0 aliphatic carbocycles. The number of rotatable bonds is 5. The van der Waals surface area contributed by atoms with Crippen molar-refractivity contribution < 1.29 is 27.1 Å². The summed E-state index contributed by atoms with van der Waals surface area (Å²) in [5.74, 6) is -3.97. The Balaban J connectivity index is 0.000000248. The number of aromatic amines is 1. The maximum Gasteiger partial charge on any atom is 0.347 e. The molecule has 8 nitrogen and oxygen atoms in total. The second kappa shape index (κ2) is 14.0. The predicted molar refractivity (Wildman–Crippen MR) is 161 cm³/mol. The molecule has 0 unspecified atom stereocenters. The van der Waals surface area contributed by atoms with Gasteiger partial charge in [0.2, 0.25) is 0 Å². The highest BCUT2D eigenvalue weighted by Gasteiger charge is 2.26. The summed E-state index contributed by atoms with van der Waals surface area (Å²) in [5, 5.41) is -0.0562. The maximum absolute atomic E-state index is 14.1. The predicted octanol–water partition coefficient (Wildman–Crippen LogP) is 7.43. The lowest BCUT2D eigenvalue weighted by atomic mass is 10.1. The Labute approximate surface area is 261 Å². The Bertz CT molecular complexity index is 1750. The number of hydrogen-bond donors (Lipinski definition) is 2. The standard InChI is InChI=1S/C16H15ClF2N2O3S.C11H8ClF2N3S/c1-16(2,3)24-15(23)11-13(22)20-12(21-14(11)25-4)7-5-10(19)8(17)6-9(7)18;1-18-10-4-9(15)16-11(17-10)5-2-8(14)6(12)3-7(5)13/h5-6H,1-4H3,(H,20,21,22);2-4H,1H3,(H2,15,16,17). The summed E-state index contributed by atoms with van der Waals surface area (Å²) < 4.78 is 59.9. The van der Waals surface area contributed by atoms with Crippen LogP contribution < -0.4 is 11.3 Å². The van der Waals surface area contributed by atoms with E-state index in [9.17, 15) is 27.2 Å². The van der Waals surface area contributed by atoms with Crippen LogP contribution in [0.2, 0.25) is 10.0 Å². The molecular weight excluding hydrogens is 653 g/mol. The zero-order chi connectivity index (χ0) is 32.2. The molecule has 2 heterocycles. The van der Waals surface area contributed by atoms with Crippen LogP contribution in [-0.2, 0) is 4.74 Å². The zero-order valence-electron chi connectivity index (χ0n) is 23.1. The zero-order valence-corrected chi connectivity index (χ0v) is 26.3. The Morgan fingerprint density at radius 2 is 1.42 bits per heavy atom. The third kappa shape index (κ3) is 8.62. The van der Waals surface area contributed by atoms with Gasteiger partial charge in [0.1, 0.15) is 50.6 Å². The number of nitrogens with zero attached hydrogens (tertiary/aromatic N) is 3. The number of benzene rings is 2. The van der Waals surface area contributed by atoms with E-state index in [-0.39, 0.29) is 49.2 Å². The number of hydrogen-bond acceptors (Lipinski definition) is 9. The molecule has 0 aliphatic rings. The SMILES string of the molecule is CSc1cc(N)nc(-c2cc(F)c(Cl)cc2F)n1.CSc1nc(-c2cc(F)c(Cl)cc2F)[nH]c(=O)c1C(=O)OC(C)(C)C. The average molecular weight is 677 g/mol.